The molecule has 0 saturated carbocycles. The largest absolute Gasteiger partial charge is 0.458 e. The molecule has 70 valence electrons. The van der Waals surface area contributed by atoms with Crippen LogP contribution in [0.3, 0.4) is 0 Å². The zero-order valence-electron chi connectivity index (χ0n) is 7.27. The van der Waals surface area contributed by atoms with Crippen LogP contribution in [0.25, 0.3) is 11.0 Å². The average Bonchev–Trinajstić information content (AvgIpc) is 2.41. The molecule has 1 aromatic heterocycles. The van der Waals surface area contributed by atoms with Crippen LogP contribution in [0, 0.1) is 18.3 Å². The maximum Gasteiger partial charge on any atom is 0.154 e. The highest BCUT2D eigenvalue weighted by Crippen LogP contribution is 2.33. The van der Waals surface area contributed by atoms with Gasteiger partial charge in [0, 0.05) is 10.4 Å². The van der Waals surface area contributed by atoms with E-state index in [2.05, 4.69) is 6.07 Å². The standard InChI is InChI=1S/C10H5Cl2NO/c1-5-8(4-13)7-2-6(11)3-9(12)10(7)14-5/h2-3H,1H3. The molecule has 2 rings (SSSR count). The lowest BCUT2D eigenvalue weighted by atomic mass is 10.1. The van der Waals surface area contributed by atoms with Crippen molar-refractivity contribution in [3.63, 3.8) is 0 Å². The Kier molecular flexibility index (Phi) is 2.14. The Morgan fingerprint density at radius 3 is 2.71 bits per heavy atom. The molecule has 0 bridgehead atoms. The summed E-state index contributed by atoms with van der Waals surface area (Å²) in [5, 5.41) is 10.5. The van der Waals surface area contributed by atoms with Crippen molar-refractivity contribution >= 4 is 34.2 Å². The zero-order valence-corrected chi connectivity index (χ0v) is 8.78. The molecule has 14 heavy (non-hydrogen) atoms. The molecule has 0 amide bonds. The van der Waals surface area contributed by atoms with E-state index in [1.54, 1.807) is 19.1 Å². The fourth-order valence-corrected chi connectivity index (χ4v) is 1.91. The number of fused-ring (bicyclic) bond motifs is 1. The Labute approximate surface area is 90.6 Å². The molecule has 0 fully saturated rings. The van der Waals surface area contributed by atoms with Crippen molar-refractivity contribution in [3.05, 3.63) is 33.5 Å². The molecule has 4 heteroatoms. The van der Waals surface area contributed by atoms with Crippen LogP contribution in [0.1, 0.15) is 11.3 Å². The lowest BCUT2D eigenvalue weighted by molar-refractivity contribution is 0.577. The summed E-state index contributed by atoms with van der Waals surface area (Å²) in [6.07, 6.45) is 0. The average molecular weight is 226 g/mol. The number of nitriles is 1. The molecule has 0 aliphatic heterocycles. The number of rotatable bonds is 0. The first-order chi connectivity index (χ1) is 6.63. The first-order valence-electron chi connectivity index (χ1n) is 3.91. The molecule has 0 radical (unpaired) electrons. The molecule has 1 aromatic carbocycles. The summed E-state index contributed by atoms with van der Waals surface area (Å²) in [5.74, 6) is 0.562. The second-order valence-electron chi connectivity index (χ2n) is 2.91. The number of hydrogen-bond acceptors (Lipinski definition) is 2. The van der Waals surface area contributed by atoms with E-state index in [9.17, 15) is 0 Å². The van der Waals surface area contributed by atoms with Crippen LogP contribution in [0.5, 0.6) is 0 Å². The van der Waals surface area contributed by atoms with Gasteiger partial charge in [-0.05, 0) is 19.1 Å². The fraction of sp³-hybridized carbons (Fsp3) is 0.100. The Morgan fingerprint density at radius 1 is 1.36 bits per heavy atom. The van der Waals surface area contributed by atoms with Gasteiger partial charge < -0.3 is 4.42 Å². The highest BCUT2D eigenvalue weighted by Gasteiger charge is 2.13. The summed E-state index contributed by atoms with van der Waals surface area (Å²) in [6.45, 7) is 1.72. The predicted octanol–water partition coefficient (Wildman–Crippen LogP) is 3.92. The lowest BCUT2D eigenvalue weighted by Crippen LogP contribution is -1.74. The van der Waals surface area contributed by atoms with E-state index in [0.717, 1.165) is 0 Å². The first-order valence-corrected chi connectivity index (χ1v) is 4.67. The number of benzene rings is 1. The van der Waals surface area contributed by atoms with Crippen molar-refractivity contribution in [3.8, 4) is 6.07 Å². The summed E-state index contributed by atoms with van der Waals surface area (Å²) in [5.41, 5.74) is 1.01. The Hall–Kier alpha value is -1.17. The van der Waals surface area contributed by atoms with Crippen LogP contribution in [0.4, 0.5) is 0 Å². The van der Waals surface area contributed by atoms with E-state index in [0.29, 0.717) is 32.3 Å². The number of furan rings is 1. The van der Waals surface area contributed by atoms with Gasteiger partial charge in [-0.3, -0.25) is 0 Å². The number of nitrogens with zero attached hydrogens (tertiary/aromatic N) is 1. The fourth-order valence-electron chi connectivity index (χ4n) is 1.38. The molecular formula is C10H5Cl2NO. The van der Waals surface area contributed by atoms with Gasteiger partial charge in [-0.2, -0.15) is 5.26 Å². The summed E-state index contributed by atoms with van der Waals surface area (Å²) in [4.78, 5) is 0. The van der Waals surface area contributed by atoms with Crippen molar-refractivity contribution in [2.45, 2.75) is 6.92 Å². The summed E-state index contributed by atoms with van der Waals surface area (Å²) < 4.78 is 5.36. The van der Waals surface area contributed by atoms with E-state index in [4.69, 9.17) is 32.9 Å². The first kappa shape index (κ1) is 9.39. The van der Waals surface area contributed by atoms with Crippen LogP contribution < -0.4 is 0 Å². The summed E-state index contributed by atoms with van der Waals surface area (Å²) >= 11 is 11.7. The Morgan fingerprint density at radius 2 is 2.07 bits per heavy atom. The van der Waals surface area contributed by atoms with Crippen molar-refractivity contribution in [1.29, 1.82) is 5.26 Å². The molecule has 0 aliphatic rings. The Balaban J connectivity index is 2.97. The van der Waals surface area contributed by atoms with Crippen molar-refractivity contribution in [1.82, 2.24) is 0 Å². The predicted molar refractivity (Wildman–Crippen MR) is 55.7 cm³/mol. The van der Waals surface area contributed by atoms with Gasteiger partial charge in [0.05, 0.1) is 5.02 Å². The summed E-state index contributed by atoms with van der Waals surface area (Å²) in [7, 11) is 0. The molecule has 2 nitrogen and oxygen atoms in total. The van der Waals surface area contributed by atoms with Crippen LogP contribution in [-0.4, -0.2) is 0 Å². The van der Waals surface area contributed by atoms with Crippen LogP contribution >= 0.6 is 23.2 Å². The minimum absolute atomic E-state index is 0.428. The van der Waals surface area contributed by atoms with Gasteiger partial charge in [0.15, 0.2) is 5.58 Å². The third kappa shape index (κ3) is 1.26. The normalized spacial score (nSPS) is 10.4. The van der Waals surface area contributed by atoms with Gasteiger partial charge in [-0.1, -0.05) is 23.2 Å². The minimum Gasteiger partial charge on any atom is -0.458 e. The van der Waals surface area contributed by atoms with Crippen molar-refractivity contribution in [2.75, 3.05) is 0 Å². The highest BCUT2D eigenvalue weighted by molar-refractivity contribution is 6.38. The van der Waals surface area contributed by atoms with E-state index in [1.807, 2.05) is 0 Å². The molecule has 0 saturated heterocycles. The minimum atomic E-state index is 0.428. The number of halogens is 2. The van der Waals surface area contributed by atoms with Crippen LogP contribution in [-0.2, 0) is 0 Å². The lowest BCUT2D eigenvalue weighted by Gasteiger charge is -1.93. The van der Waals surface area contributed by atoms with Gasteiger partial charge in [0.1, 0.15) is 17.4 Å². The molecular weight excluding hydrogens is 221 g/mol. The van der Waals surface area contributed by atoms with Gasteiger partial charge in [-0.15, -0.1) is 0 Å². The number of hydrogen-bond donors (Lipinski definition) is 0. The van der Waals surface area contributed by atoms with Gasteiger partial charge in [-0.25, -0.2) is 0 Å². The molecule has 0 atom stereocenters. The third-order valence-corrected chi connectivity index (χ3v) is 2.50. The SMILES string of the molecule is Cc1oc2c(Cl)cc(Cl)cc2c1C#N. The quantitative estimate of drug-likeness (QED) is 0.682. The topological polar surface area (TPSA) is 36.9 Å². The van der Waals surface area contributed by atoms with E-state index in [1.165, 1.54) is 0 Å². The monoisotopic (exact) mass is 225 g/mol. The second-order valence-corrected chi connectivity index (χ2v) is 3.75. The molecule has 1 heterocycles. The van der Waals surface area contributed by atoms with Crippen molar-refractivity contribution in [2.24, 2.45) is 0 Å². The van der Waals surface area contributed by atoms with Crippen molar-refractivity contribution < 1.29 is 4.42 Å². The van der Waals surface area contributed by atoms with E-state index < -0.39 is 0 Å². The molecule has 0 unspecified atom stereocenters. The van der Waals surface area contributed by atoms with Gasteiger partial charge in [0.2, 0.25) is 0 Å². The van der Waals surface area contributed by atoms with Gasteiger partial charge in [0.25, 0.3) is 0 Å². The molecule has 0 spiro atoms. The summed E-state index contributed by atoms with van der Waals surface area (Å²) in [6, 6.07) is 5.33. The van der Waals surface area contributed by atoms with Crippen LogP contribution in [0.15, 0.2) is 16.5 Å². The third-order valence-electron chi connectivity index (χ3n) is 2.00. The maximum atomic E-state index is 8.89. The second kappa shape index (κ2) is 3.20. The van der Waals surface area contributed by atoms with Crippen LogP contribution in [0.2, 0.25) is 10.0 Å². The molecule has 0 N–H and O–H groups in total. The molecule has 0 aliphatic carbocycles. The van der Waals surface area contributed by atoms with E-state index >= 15 is 0 Å². The van der Waals surface area contributed by atoms with Gasteiger partial charge >= 0.3 is 0 Å². The van der Waals surface area contributed by atoms with E-state index in [-0.39, 0.29) is 0 Å². The number of aryl methyl sites for hydroxylation is 1. The smallest absolute Gasteiger partial charge is 0.154 e. The Bertz CT molecular complexity index is 551. The maximum absolute atomic E-state index is 8.89. The zero-order chi connectivity index (χ0) is 10.3. The highest BCUT2D eigenvalue weighted by atomic mass is 35.5. The molecule has 2 aromatic rings.